The molecular formula is C15H19F2N3. The molecule has 108 valence electrons. The van der Waals surface area contributed by atoms with E-state index in [1.54, 1.807) is 0 Å². The molecule has 2 N–H and O–H groups in total. The Kier molecular flexibility index (Phi) is 4.49. The van der Waals surface area contributed by atoms with Gasteiger partial charge in [0.05, 0.1) is 5.69 Å². The number of halogens is 2. The predicted octanol–water partition coefficient (Wildman–Crippen LogP) is 2.85. The molecule has 1 heterocycles. The van der Waals surface area contributed by atoms with Crippen molar-refractivity contribution in [3.63, 3.8) is 0 Å². The maximum atomic E-state index is 13.5. The molecule has 0 aliphatic heterocycles. The van der Waals surface area contributed by atoms with Crippen molar-refractivity contribution >= 4 is 0 Å². The zero-order valence-electron chi connectivity index (χ0n) is 11.7. The molecule has 0 saturated heterocycles. The first kappa shape index (κ1) is 14.7. The Hall–Kier alpha value is -1.75. The first-order valence-corrected chi connectivity index (χ1v) is 6.70. The van der Waals surface area contributed by atoms with Crippen LogP contribution in [0.3, 0.4) is 0 Å². The molecule has 3 nitrogen and oxygen atoms in total. The molecule has 0 aliphatic carbocycles. The minimum atomic E-state index is -0.548. The van der Waals surface area contributed by atoms with Gasteiger partial charge in [-0.05, 0) is 38.5 Å². The Labute approximate surface area is 117 Å². The molecular weight excluding hydrogens is 260 g/mol. The predicted molar refractivity (Wildman–Crippen MR) is 74.4 cm³/mol. The highest BCUT2D eigenvalue weighted by molar-refractivity contribution is 5.21. The third-order valence-corrected chi connectivity index (χ3v) is 3.19. The minimum Gasteiger partial charge on any atom is -0.327 e. The van der Waals surface area contributed by atoms with Crippen molar-refractivity contribution in [2.24, 2.45) is 5.73 Å². The Balaban J connectivity index is 2.03. The van der Waals surface area contributed by atoms with Crippen LogP contribution in [0.1, 0.15) is 31.1 Å². The number of hydrogen-bond acceptors (Lipinski definition) is 2. The number of benzene rings is 1. The first-order valence-electron chi connectivity index (χ1n) is 6.70. The minimum absolute atomic E-state index is 0.0447. The highest BCUT2D eigenvalue weighted by Crippen LogP contribution is 2.15. The zero-order chi connectivity index (χ0) is 14.7. The summed E-state index contributed by atoms with van der Waals surface area (Å²) in [6.45, 7) is 4.07. The van der Waals surface area contributed by atoms with E-state index in [0.29, 0.717) is 6.42 Å². The topological polar surface area (TPSA) is 43.8 Å². The number of aromatic nitrogens is 2. The quantitative estimate of drug-likeness (QED) is 0.914. The third-order valence-electron chi connectivity index (χ3n) is 3.19. The van der Waals surface area contributed by atoms with E-state index < -0.39 is 11.6 Å². The van der Waals surface area contributed by atoms with Crippen molar-refractivity contribution in [1.29, 1.82) is 0 Å². The molecule has 2 rings (SSSR count). The average Bonchev–Trinajstić information content (AvgIpc) is 2.82. The van der Waals surface area contributed by atoms with E-state index in [-0.39, 0.29) is 24.1 Å². The maximum absolute atomic E-state index is 13.5. The van der Waals surface area contributed by atoms with Gasteiger partial charge in [0.25, 0.3) is 0 Å². The summed E-state index contributed by atoms with van der Waals surface area (Å²) in [6, 6.07) is 5.65. The van der Waals surface area contributed by atoms with Crippen molar-refractivity contribution in [2.75, 3.05) is 0 Å². The summed E-state index contributed by atoms with van der Waals surface area (Å²) < 4.78 is 28.9. The Morgan fingerprint density at radius 3 is 2.35 bits per heavy atom. The lowest BCUT2D eigenvalue weighted by Gasteiger charge is -2.12. The Morgan fingerprint density at radius 2 is 1.80 bits per heavy atom. The van der Waals surface area contributed by atoms with Crippen LogP contribution < -0.4 is 5.73 Å². The van der Waals surface area contributed by atoms with Gasteiger partial charge in [-0.25, -0.2) is 8.78 Å². The summed E-state index contributed by atoms with van der Waals surface area (Å²) in [5, 5.41) is 4.39. The first-order chi connectivity index (χ1) is 9.47. The fraction of sp³-hybridized carbons (Fsp3) is 0.400. The van der Waals surface area contributed by atoms with Crippen molar-refractivity contribution in [3.8, 4) is 0 Å². The van der Waals surface area contributed by atoms with E-state index >= 15 is 0 Å². The van der Waals surface area contributed by atoms with Crippen molar-refractivity contribution in [2.45, 2.75) is 38.8 Å². The van der Waals surface area contributed by atoms with Gasteiger partial charge >= 0.3 is 0 Å². The third kappa shape index (κ3) is 3.42. The monoisotopic (exact) mass is 279 g/mol. The molecule has 5 heteroatoms. The van der Waals surface area contributed by atoms with E-state index in [2.05, 4.69) is 5.10 Å². The maximum Gasteiger partial charge on any atom is 0.129 e. The molecule has 0 saturated carbocycles. The van der Waals surface area contributed by atoms with Crippen molar-refractivity contribution in [1.82, 2.24) is 9.78 Å². The smallest absolute Gasteiger partial charge is 0.129 e. The lowest BCUT2D eigenvalue weighted by atomic mass is 10.0. The van der Waals surface area contributed by atoms with E-state index in [9.17, 15) is 8.78 Å². The molecule has 1 atom stereocenters. The summed E-state index contributed by atoms with van der Waals surface area (Å²) in [5.74, 6) is -1.10. The molecule has 20 heavy (non-hydrogen) atoms. The molecule has 0 radical (unpaired) electrons. The number of rotatable bonds is 5. The van der Waals surface area contributed by atoms with Gasteiger partial charge in [-0.1, -0.05) is 6.07 Å². The van der Waals surface area contributed by atoms with Gasteiger partial charge in [0.2, 0.25) is 0 Å². The second kappa shape index (κ2) is 6.13. The molecule has 1 aromatic carbocycles. The Morgan fingerprint density at radius 1 is 1.15 bits per heavy atom. The van der Waals surface area contributed by atoms with Gasteiger partial charge in [0.15, 0.2) is 0 Å². The Bertz CT molecular complexity index is 558. The lowest BCUT2D eigenvalue weighted by molar-refractivity contribution is 0.513. The molecule has 1 aromatic heterocycles. The van der Waals surface area contributed by atoms with Crippen LogP contribution in [-0.4, -0.2) is 15.8 Å². The van der Waals surface area contributed by atoms with E-state index in [0.717, 1.165) is 5.69 Å². The summed E-state index contributed by atoms with van der Waals surface area (Å²) in [4.78, 5) is 0. The standard InChI is InChI=1S/C15H19F2N3/c1-10(2)20-7-6-12(19-20)8-11(18)9-13-14(16)4-3-5-15(13)17/h3-7,10-11H,8-9,18H2,1-2H3. The zero-order valence-corrected chi connectivity index (χ0v) is 11.7. The summed E-state index contributed by atoms with van der Waals surface area (Å²) in [5.41, 5.74) is 6.86. The van der Waals surface area contributed by atoms with Gasteiger partial charge in [-0.3, -0.25) is 4.68 Å². The largest absolute Gasteiger partial charge is 0.327 e. The fourth-order valence-electron chi connectivity index (χ4n) is 2.10. The van der Waals surface area contributed by atoms with Crippen LogP contribution in [0.4, 0.5) is 8.78 Å². The van der Waals surface area contributed by atoms with Gasteiger partial charge in [-0.15, -0.1) is 0 Å². The van der Waals surface area contributed by atoms with Crippen LogP contribution >= 0.6 is 0 Å². The van der Waals surface area contributed by atoms with E-state index in [1.165, 1.54) is 18.2 Å². The summed E-state index contributed by atoms with van der Waals surface area (Å²) in [7, 11) is 0. The van der Waals surface area contributed by atoms with Crippen LogP contribution in [0.5, 0.6) is 0 Å². The molecule has 0 spiro atoms. The van der Waals surface area contributed by atoms with Gasteiger partial charge in [0.1, 0.15) is 11.6 Å². The van der Waals surface area contributed by atoms with E-state index in [1.807, 2.05) is 30.8 Å². The number of nitrogens with two attached hydrogens (primary N) is 1. The van der Waals surface area contributed by atoms with Crippen molar-refractivity contribution < 1.29 is 8.78 Å². The normalized spacial score (nSPS) is 12.9. The second-order valence-corrected chi connectivity index (χ2v) is 5.25. The van der Waals surface area contributed by atoms with Gasteiger partial charge < -0.3 is 5.73 Å². The van der Waals surface area contributed by atoms with Crippen LogP contribution in [0.25, 0.3) is 0 Å². The molecule has 2 aromatic rings. The molecule has 0 fully saturated rings. The van der Waals surface area contributed by atoms with Gasteiger partial charge in [-0.2, -0.15) is 5.10 Å². The summed E-state index contributed by atoms with van der Waals surface area (Å²) in [6.07, 6.45) is 2.54. The van der Waals surface area contributed by atoms with Crippen molar-refractivity contribution in [3.05, 3.63) is 53.4 Å². The molecule has 1 unspecified atom stereocenters. The van der Waals surface area contributed by atoms with Gasteiger partial charge in [0, 0.05) is 30.3 Å². The van der Waals surface area contributed by atoms with E-state index in [4.69, 9.17) is 5.73 Å². The van der Waals surface area contributed by atoms with Crippen LogP contribution in [-0.2, 0) is 12.8 Å². The lowest BCUT2D eigenvalue weighted by Crippen LogP contribution is -2.27. The fourth-order valence-corrected chi connectivity index (χ4v) is 2.10. The average molecular weight is 279 g/mol. The van der Waals surface area contributed by atoms with Crippen LogP contribution in [0.15, 0.2) is 30.5 Å². The van der Waals surface area contributed by atoms with Crippen LogP contribution in [0, 0.1) is 11.6 Å². The number of nitrogens with zero attached hydrogens (tertiary/aromatic N) is 2. The molecule has 0 bridgehead atoms. The highest BCUT2D eigenvalue weighted by Gasteiger charge is 2.14. The second-order valence-electron chi connectivity index (χ2n) is 5.25. The number of hydrogen-bond donors (Lipinski definition) is 1. The molecule has 0 amide bonds. The highest BCUT2D eigenvalue weighted by atomic mass is 19.1. The SMILES string of the molecule is CC(C)n1ccc(CC(N)Cc2c(F)cccc2F)n1. The molecule has 0 aliphatic rings. The van der Waals surface area contributed by atoms with Crippen LogP contribution in [0.2, 0.25) is 0 Å². The summed E-state index contributed by atoms with van der Waals surface area (Å²) >= 11 is 0.